The molecule has 2 heterocycles. The number of hydrogen-bond acceptors (Lipinski definition) is 5. The van der Waals surface area contributed by atoms with E-state index in [2.05, 4.69) is 10.4 Å². The van der Waals surface area contributed by atoms with E-state index in [0.717, 1.165) is 18.6 Å². The molecule has 162 valence electrons. The van der Waals surface area contributed by atoms with Gasteiger partial charge in [0.05, 0.1) is 10.5 Å². The van der Waals surface area contributed by atoms with Gasteiger partial charge in [-0.25, -0.2) is 0 Å². The van der Waals surface area contributed by atoms with E-state index in [9.17, 15) is 28.1 Å². The largest absolute Gasteiger partial charge is 0.416 e. The van der Waals surface area contributed by atoms with Gasteiger partial charge in [0.25, 0.3) is 5.69 Å². The molecule has 1 saturated heterocycles. The number of carbonyl (C=O) groups is 1. The van der Waals surface area contributed by atoms with Crippen LogP contribution in [0.3, 0.4) is 0 Å². The lowest BCUT2D eigenvalue weighted by atomic mass is 9.95. The Morgan fingerprint density at radius 2 is 2.03 bits per heavy atom. The Kier molecular flexibility index (Phi) is 6.58. The standard InChI is InChI=1S/C19H22F3N5O3/c20-19(21,22)15-3-4-16(17(13-15)27(29)30)25-11-5-14(6-12-25)18(28)23-7-1-9-26-10-2-8-24-26/h2-4,8,10,13-14H,1,5-7,9,11-12H2,(H,23,28). The fourth-order valence-electron chi connectivity index (χ4n) is 3.53. The van der Waals surface area contributed by atoms with E-state index in [0.29, 0.717) is 45.1 Å². The van der Waals surface area contributed by atoms with Gasteiger partial charge in [-0.05, 0) is 37.5 Å². The minimum Gasteiger partial charge on any atom is -0.366 e. The number of piperidine rings is 1. The van der Waals surface area contributed by atoms with Crippen LogP contribution in [-0.2, 0) is 17.5 Å². The van der Waals surface area contributed by atoms with E-state index in [-0.39, 0.29) is 17.5 Å². The van der Waals surface area contributed by atoms with Gasteiger partial charge in [-0.15, -0.1) is 0 Å². The van der Waals surface area contributed by atoms with Crippen molar-refractivity contribution in [2.24, 2.45) is 5.92 Å². The molecule has 0 saturated carbocycles. The predicted octanol–water partition coefficient (Wildman–Crippen LogP) is 3.23. The number of carbonyl (C=O) groups excluding carboxylic acids is 1. The highest BCUT2D eigenvalue weighted by atomic mass is 19.4. The van der Waals surface area contributed by atoms with E-state index in [1.165, 1.54) is 0 Å². The molecule has 3 rings (SSSR count). The molecule has 0 unspecified atom stereocenters. The van der Waals surface area contributed by atoms with Crippen LogP contribution in [0.2, 0.25) is 0 Å². The first-order valence-corrected chi connectivity index (χ1v) is 9.61. The topological polar surface area (TPSA) is 93.3 Å². The average molecular weight is 425 g/mol. The van der Waals surface area contributed by atoms with Crippen LogP contribution < -0.4 is 10.2 Å². The summed E-state index contributed by atoms with van der Waals surface area (Å²) in [6.45, 7) is 1.93. The average Bonchev–Trinajstić information content (AvgIpc) is 3.23. The zero-order valence-corrected chi connectivity index (χ0v) is 16.1. The van der Waals surface area contributed by atoms with Gasteiger partial charge in [-0.2, -0.15) is 18.3 Å². The van der Waals surface area contributed by atoms with Gasteiger partial charge < -0.3 is 10.2 Å². The SMILES string of the molecule is O=C(NCCCn1cccn1)C1CCN(c2ccc(C(F)(F)F)cc2[N+](=O)[O-])CC1. The molecule has 0 radical (unpaired) electrons. The summed E-state index contributed by atoms with van der Waals surface area (Å²) in [5.41, 5.74) is -1.49. The van der Waals surface area contributed by atoms with E-state index >= 15 is 0 Å². The van der Waals surface area contributed by atoms with Crippen LogP contribution >= 0.6 is 0 Å². The van der Waals surface area contributed by atoms with Crippen molar-refractivity contribution in [2.75, 3.05) is 24.5 Å². The van der Waals surface area contributed by atoms with Crippen LogP contribution in [0.15, 0.2) is 36.7 Å². The van der Waals surface area contributed by atoms with Crippen molar-refractivity contribution in [3.63, 3.8) is 0 Å². The highest BCUT2D eigenvalue weighted by Gasteiger charge is 2.34. The van der Waals surface area contributed by atoms with Crippen molar-refractivity contribution in [2.45, 2.75) is 32.0 Å². The van der Waals surface area contributed by atoms with E-state index in [1.807, 2.05) is 12.3 Å². The third-order valence-electron chi connectivity index (χ3n) is 5.13. The number of amides is 1. The normalized spacial score (nSPS) is 15.2. The number of alkyl halides is 3. The Morgan fingerprint density at radius 3 is 2.63 bits per heavy atom. The predicted molar refractivity (Wildman–Crippen MR) is 103 cm³/mol. The minimum absolute atomic E-state index is 0.0722. The summed E-state index contributed by atoms with van der Waals surface area (Å²) in [6, 6.07) is 4.37. The molecule has 1 aliphatic rings. The number of halogens is 3. The second kappa shape index (κ2) is 9.14. The molecule has 1 aromatic heterocycles. The number of nitrogens with one attached hydrogen (secondary N) is 1. The maximum atomic E-state index is 12.9. The first-order chi connectivity index (χ1) is 14.3. The van der Waals surface area contributed by atoms with Crippen LogP contribution in [-0.4, -0.2) is 40.2 Å². The summed E-state index contributed by atoms with van der Waals surface area (Å²) in [6.07, 6.45) is 0.577. The maximum absolute atomic E-state index is 12.9. The smallest absolute Gasteiger partial charge is 0.366 e. The molecule has 11 heteroatoms. The van der Waals surface area contributed by atoms with Gasteiger partial charge in [0.15, 0.2) is 0 Å². The summed E-state index contributed by atoms with van der Waals surface area (Å²) >= 11 is 0. The molecular weight excluding hydrogens is 403 g/mol. The monoisotopic (exact) mass is 425 g/mol. The number of anilines is 1. The van der Waals surface area contributed by atoms with Crippen LogP contribution in [0.25, 0.3) is 0 Å². The highest BCUT2D eigenvalue weighted by molar-refractivity contribution is 5.79. The molecule has 2 aromatic rings. The zero-order valence-electron chi connectivity index (χ0n) is 16.1. The van der Waals surface area contributed by atoms with Crippen LogP contribution in [0.4, 0.5) is 24.5 Å². The molecule has 0 aliphatic carbocycles. The number of rotatable bonds is 7. The molecule has 1 fully saturated rings. The van der Waals surface area contributed by atoms with Crippen LogP contribution in [0, 0.1) is 16.0 Å². The number of aryl methyl sites for hydroxylation is 1. The number of aromatic nitrogens is 2. The Balaban J connectivity index is 1.53. The third-order valence-corrected chi connectivity index (χ3v) is 5.13. The van der Waals surface area contributed by atoms with Crippen molar-refractivity contribution in [1.82, 2.24) is 15.1 Å². The van der Waals surface area contributed by atoms with Crippen LogP contribution in [0.1, 0.15) is 24.8 Å². The third kappa shape index (κ3) is 5.28. The van der Waals surface area contributed by atoms with Gasteiger partial charge in [-0.3, -0.25) is 19.6 Å². The minimum atomic E-state index is -4.65. The number of benzene rings is 1. The van der Waals surface area contributed by atoms with E-state index in [4.69, 9.17) is 0 Å². The number of nitro groups is 1. The summed E-state index contributed by atoms with van der Waals surface area (Å²) < 4.78 is 40.4. The fourth-order valence-corrected chi connectivity index (χ4v) is 3.53. The summed E-state index contributed by atoms with van der Waals surface area (Å²) in [5.74, 6) is -0.295. The number of nitrogens with zero attached hydrogens (tertiary/aromatic N) is 4. The molecule has 8 nitrogen and oxygen atoms in total. The second-order valence-corrected chi connectivity index (χ2v) is 7.13. The van der Waals surface area contributed by atoms with Gasteiger partial charge in [0.2, 0.25) is 5.91 Å². The summed E-state index contributed by atoms with van der Waals surface area (Å²) in [5, 5.41) is 18.3. The quantitative estimate of drug-likeness (QED) is 0.418. The van der Waals surface area contributed by atoms with Crippen LogP contribution in [0.5, 0.6) is 0 Å². The van der Waals surface area contributed by atoms with Crippen molar-refractivity contribution in [3.05, 3.63) is 52.3 Å². The molecule has 0 atom stereocenters. The summed E-state index contributed by atoms with van der Waals surface area (Å²) in [4.78, 5) is 24.5. The highest BCUT2D eigenvalue weighted by Crippen LogP contribution is 2.37. The van der Waals surface area contributed by atoms with Gasteiger partial charge in [0.1, 0.15) is 5.69 Å². The van der Waals surface area contributed by atoms with Crippen molar-refractivity contribution < 1.29 is 22.9 Å². The Labute approximate surface area is 170 Å². The molecular formula is C19H22F3N5O3. The summed E-state index contributed by atoms with van der Waals surface area (Å²) in [7, 11) is 0. The lowest BCUT2D eigenvalue weighted by Gasteiger charge is -2.32. The maximum Gasteiger partial charge on any atom is 0.416 e. The van der Waals surface area contributed by atoms with Gasteiger partial charge in [-0.1, -0.05) is 0 Å². The van der Waals surface area contributed by atoms with Crippen molar-refractivity contribution in [1.29, 1.82) is 0 Å². The first-order valence-electron chi connectivity index (χ1n) is 9.61. The molecule has 1 amide bonds. The lowest BCUT2D eigenvalue weighted by Crippen LogP contribution is -2.41. The molecule has 0 bridgehead atoms. The molecule has 1 aliphatic heterocycles. The van der Waals surface area contributed by atoms with Gasteiger partial charge in [0, 0.05) is 50.6 Å². The van der Waals surface area contributed by atoms with Crippen molar-refractivity contribution >= 4 is 17.3 Å². The Hall–Kier alpha value is -3.11. The lowest BCUT2D eigenvalue weighted by molar-refractivity contribution is -0.384. The Bertz CT molecular complexity index is 878. The zero-order chi connectivity index (χ0) is 21.7. The molecule has 0 spiro atoms. The second-order valence-electron chi connectivity index (χ2n) is 7.13. The Morgan fingerprint density at radius 1 is 1.30 bits per heavy atom. The van der Waals surface area contributed by atoms with E-state index in [1.54, 1.807) is 15.8 Å². The number of hydrogen-bond donors (Lipinski definition) is 1. The van der Waals surface area contributed by atoms with Crippen molar-refractivity contribution in [3.8, 4) is 0 Å². The molecule has 30 heavy (non-hydrogen) atoms. The van der Waals surface area contributed by atoms with Gasteiger partial charge >= 0.3 is 6.18 Å². The van der Waals surface area contributed by atoms with E-state index < -0.39 is 22.4 Å². The first kappa shape index (κ1) is 21.6. The molecule has 1 N–H and O–H groups in total. The number of nitro benzene ring substituents is 1. The fraction of sp³-hybridized carbons (Fsp3) is 0.474. The molecule has 1 aromatic carbocycles.